The lowest BCUT2D eigenvalue weighted by molar-refractivity contribution is 0.0650. The summed E-state index contributed by atoms with van der Waals surface area (Å²) in [6.45, 7) is 8.93. The molecule has 2 amide bonds. The van der Waals surface area contributed by atoms with Gasteiger partial charge < -0.3 is 20.6 Å². The maximum absolute atomic E-state index is 11.8. The number of rotatable bonds is 6. The van der Waals surface area contributed by atoms with Crippen LogP contribution in [0, 0.1) is 11.3 Å². The monoisotopic (exact) mass is 348 g/mol. The zero-order chi connectivity index (χ0) is 18.3. The maximum atomic E-state index is 11.8. The van der Waals surface area contributed by atoms with Gasteiger partial charge in [0.05, 0.1) is 6.10 Å². The first-order valence-electron chi connectivity index (χ1n) is 9.21. The molecule has 1 aliphatic heterocycles. The van der Waals surface area contributed by atoms with Crippen LogP contribution in [0.5, 0.6) is 0 Å². The molecule has 25 heavy (non-hydrogen) atoms. The Morgan fingerprint density at radius 3 is 2.52 bits per heavy atom. The fraction of sp³-hybridized carbons (Fsp3) is 0.684. The number of aliphatic hydroxyl groups excluding tert-OH is 1. The molecule has 1 fully saturated rings. The molecule has 0 saturated carbocycles. The maximum Gasteiger partial charge on any atom is 0.314 e. The molecular weight excluding hydrogens is 316 g/mol. The van der Waals surface area contributed by atoms with E-state index >= 15 is 0 Å². The highest BCUT2D eigenvalue weighted by Crippen LogP contribution is 2.24. The molecule has 0 aromatic carbocycles. The number of anilines is 1. The minimum Gasteiger partial charge on any atom is -0.391 e. The second-order valence-corrected chi connectivity index (χ2v) is 7.94. The average Bonchev–Trinajstić information content (AvgIpc) is 2.60. The SMILES string of the molecule is CC(C)(C)C(O)CNC(=O)NCCC1CCN(c2ccncc2)CC1. The van der Waals surface area contributed by atoms with Gasteiger partial charge >= 0.3 is 6.03 Å². The summed E-state index contributed by atoms with van der Waals surface area (Å²) >= 11 is 0. The topological polar surface area (TPSA) is 77.5 Å². The Bertz CT molecular complexity index is 522. The van der Waals surface area contributed by atoms with Gasteiger partial charge in [-0.25, -0.2) is 4.79 Å². The van der Waals surface area contributed by atoms with Gasteiger partial charge in [-0.05, 0) is 42.7 Å². The number of aliphatic hydroxyl groups is 1. The molecule has 1 saturated heterocycles. The minimum absolute atomic E-state index is 0.197. The number of amides is 2. The van der Waals surface area contributed by atoms with Gasteiger partial charge in [0.2, 0.25) is 0 Å². The molecule has 6 heteroatoms. The van der Waals surface area contributed by atoms with E-state index in [1.54, 1.807) is 0 Å². The second-order valence-electron chi connectivity index (χ2n) is 7.94. The van der Waals surface area contributed by atoms with Crippen molar-refractivity contribution >= 4 is 11.7 Å². The van der Waals surface area contributed by atoms with Crippen LogP contribution in [0.3, 0.4) is 0 Å². The lowest BCUT2D eigenvalue weighted by atomic mass is 9.89. The molecule has 1 aliphatic rings. The molecule has 140 valence electrons. The fourth-order valence-corrected chi connectivity index (χ4v) is 2.98. The van der Waals surface area contributed by atoms with Crippen LogP contribution < -0.4 is 15.5 Å². The number of carbonyl (C=O) groups excluding carboxylic acids is 1. The van der Waals surface area contributed by atoms with Crippen LogP contribution in [-0.4, -0.2) is 48.4 Å². The van der Waals surface area contributed by atoms with E-state index in [2.05, 4.69) is 32.7 Å². The Kier molecular flexibility index (Phi) is 7.05. The molecule has 0 spiro atoms. The second kappa shape index (κ2) is 9.04. The number of nitrogens with one attached hydrogen (secondary N) is 2. The predicted molar refractivity (Wildman–Crippen MR) is 101 cm³/mol. The Morgan fingerprint density at radius 2 is 1.92 bits per heavy atom. The lowest BCUT2D eigenvalue weighted by Crippen LogP contribution is -2.44. The highest BCUT2D eigenvalue weighted by Gasteiger charge is 2.22. The summed E-state index contributed by atoms with van der Waals surface area (Å²) in [5.41, 5.74) is 1.01. The molecule has 0 aliphatic carbocycles. The first kappa shape index (κ1) is 19.5. The zero-order valence-electron chi connectivity index (χ0n) is 15.7. The van der Waals surface area contributed by atoms with Gasteiger partial charge in [0.15, 0.2) is 0 Å². The Balaban J connectivity index is 1.59. The molecule has 1 atom stereocenters. The van der Waals surface area contributed by atoms with Gasteiger partial charge in [-0.15, -0.1) is 0 Å². The Hall–Kier alpha value is -1.82. The average molecular weight is 348 g/mol. The number of urea groups is 1. The molecule has 2 heterocycles. The van der Waals surface area contributed by atoms with Crippen LogP contribution in [0.2, 0.25) is 0 Å². The number of hydrogen-bond donors (Lipinski definition) is 3. The number of aromatic nitrogens is 1. The number of piperidine rings is 1. The number of carbonyl (C=O) groups is 1. The van der Waals surface area contributed by atoms with Crippen molar-refractivity contribution in [1.29, 1.82) is 0 Å². The molecule has 0 bridgehead atoms. The van der Waals surface area contributed by atoms with Crippen LogP contribution in [-0.2, 0) is 0 Å². The Morgan fingerprint density at radius 1 is 1.28 bits per heavy atom. The summed E-state index contributed by atoms with van der Waals surface area (Å²) < 4.78 is 0. The van der Waals surface area contributed by atoms with E-state index in [4.69, 9.17) is 0 Å². The van der Waals surface area contributed by atoms with E-state index in [-0.39, 0.29) is 18.0 Å². The summed E-state index contributed by atoms with van der Waals surface area (Å²) in [5, 5.41) is 15.6. The van der Waals surface area contributed by atoms with Crippen molar-refractivity contribution in [3.05, 3.63) is 24.5 Å². The van der Waals surface area contributed by atoms with Crippen LogP contribution >= 0.6 is 0 Å². The van der Waals surface area contributed by atoms with Gasteiger partial charge in [0, 0.05) is 44.3 Å². The summed E-state index contributed by atoms with van der Waals surface area (Å²) in [5.74, 6) is 0.651. The molecule has 1 aromatic heterocycles. The van der Waals surface area contributed by atoms with E-state index in [0.29, 0.717) is 12.5 Å². The summed E-state index contributed by atoms with van der Waals surface area (Å²) in [7, 11) is 0. The summed E-state index contributed by atoms with van der Waals surface area (Å²) in [4.78, 5) is 18.3. The number of hydrogen-bond acceptors (Lipinski definition) is 4. The standard InChI is InChI=1S/C19H32N4O2/c1-19(2,3)17(24)14-22-18(25)21-11-4-15-7-12-23(13-8-15)16-5-9-20-10-6-16/h5-6,9-10,15,17,24H,4,7-8,11-14H2,1-3H3,(H2,21,22,25). The van der Waals surface area contributed by atoms with E-state index < -0.39 is 6.10 Å². The van der Waals surface area contributed by atoms with Gasteiger partial charge in [-0.3, -0.25) is 4.98 Å². The number of pyridine rings is 1. The Labute approximate surface area is 151 Å². The predicted octanol–water partition coefficient (Wildman–Crippen LogP) is 2.39. The molecular formula is C19H32N4O2. The molecule has 3 N–H and O–H groups in total. The number of nitrogens with zero attached hydrogens (tertiary/aromatic N) is 2. The molecule has 1 aromatic rings. The van der Waals surface area contributed by atoms with Crippen LogP contribution in [0.15, 0.2) is 24.5 Å². The molecule has 6 nitrogen and oxygen atoms in total. The van der Waals surface area contributed by atoms with Gasteiger partial charge in [0.25, 0.3) is 0 Å². The highest BCUT2D eigenvalue weighted by atomic mass is 16.3. The minimum atomic E-state index is -0.546. The van der Waals surface area contributed by atoms with Crippen molar-refractivity contribution in [1.82, 2.24) is 15.6 Å². The third-order valence-corrected chi connectivity index (χ3v) is 4.94. The van der Waals surface area contributed by atoms with Crippen molar-refractivity contribution < 1.29 is 9.90 Å². The molecule has 1 unspecified atom stereocenters. The fourth-order valence-electron chi connectivity index (χ4n) is 2.98. The quantitative estimate of drug-likeness (QED) is 0.738. The van der Waals surface area contributed by atoms with Crippen molar-refractivity contribution in [3.8, 4) is 0 Å². The van der Waals surface area contributed by atoms with Gasteiger partial charge in [-0.1, -0.05) is 20.8 Å². The summed E-state index contributed by atoms with van der Waals surface area (Å²) in [6.07, 6.45) is 6.42. The first-order valence-corrected chi connectivity index (χ1v) is 9.21. The molecule has 2 rings (SSSR count). The van der Waals surface area contributed by atoms with Crippen LogP contribution in [0.1, 0.15) is 40.0 Å². The van der Waals surface area contributed by atoms with Crippen LogP contribution in [0.25, 0.3) is 0 Å². The summed E-state index contributed by atoms with van der Waals surface area (Å²) in [6, 6.07) is 3.91. The van der Waals surface area contributed by atoms with E-state index in [0.717, 1.165) is 32.4 Å². The zero-order valence-corrected chi connectivity index (χ0v) is 15.7. The van der Waals surface area contributed by atoms with Crippen LogP contribution in [0.4, 0.5) is 10.5 Å². The van der Waals surface area contributed by atoms with Crippen molar-refractivity contribution in [3.63, 3.8) is 0 Å². The highest BCUT2D eigenvalue weighted by molar-refractivity contribution is 5.73. The van der Waals surface area contributed by atoms with Gasteiger partial charge in [0.1, 0.15) is 0 Å². The van der Waals surface area contributed by atoms with Gasteiger partial charge in [-0.2, -0.15) is 0 Å². The normalized spacial score (nSPS) is 17.2. The first-order chi connectivity index (χ1) is 11.9. The van der Waals surface area contributed by atoms with E-state index in [9.17, 15) is 9.90 Å². The van der Waals surface area contributed by atoms with E-state index in [1.807, 2.05) is 33.2 Å². The van der Waals surface area contributed by atoms with Crippen molar-refractivity contribution in [2.75, 3.05) is 31.1 Å². The smallest absolute Gasteiger partial charge is 0.314 e. The third-order valence-electron chi connectivity index (χ3n) is 4.94. The lowest BCUT2D eigenvalue weighted by Gasteiger charge is -2.33. The van der Waals surface area contributed by atoms with E-state index in [1.165, 1.54) is 5.69 Å². The largest absolute Gasteiger partial charge is 0.391 e. The molecule has 0 radical (unpaired) electrons. The third kappa shape index (κ3) is 6.53. The van der Waals surface area contributed by atoms with Crippen molar-refractivity contribution in [2.24, 2.45) is 11.3 Å². The van der Waals surface area contributed by atoms with Crippen molar-refractivity contribution in [2.45, 2.75) is 46.1 Å².